The van der Waals surface area contributed by atoms with E-state index in [1.54, 1.807) is 0 Å². The average Bonchev–Trinajstić information content (AvgIpc) is 2.79. The quantitative estimate of drug-likeness (QED) is 0.475. The lowest BCUT2D eigenvalue weighted by Gasteiger charge is -2.25. The fourth-order valence-corrected chi connectivity index (χ4v) is 2.88. The molecule has 2 rings (SSSR count). The Labute approximate surface area is 185 Å². The van der Waals surface area contributed by atoms with E-state index in [0.717, 1.165) is 11.4 Å². The Hall–Kier alpha value is -3.02. The zero-order chi connectivity index (χ0) is 22.7. The van der Waals surface area contributed by atoms with Gasteiger partial charge < -0.3 is 19.3 Å². The molecule has 0 saturated carbocycles. The molecule has 0 saturated heterocycles. The summed E-state index contributed by atoms with van der Waals surface area (Å²) in [6, 6.07) is 19.8. The highest BCUT2D eigenvalue weighted by molar-refractivity contribution is 5.71. The number of carbonyl (C=O) groups is 2. The van der Waals surface area contributed by atoms with Gasteiger partial charge in [0.05, 0.1) is 26.1 Å². The van der Waals surface area contributed by atoms with Crippen LogP contribution in [0.4, 0.5) is 11.4 Å². The summed E-state index contributed by atoms with van der Waals surface area (Å²) < 4.78 is 10.8. The van der Waals surface area contributed by atoms with Gasteiger partial charge >= 0.3 is 11.9 Å². The summed E-state index contributed by atoms with van der Waals surface area (Å²) in [5.41, 5.74) is 1.67. The lowest BCUT2D eigenvalue weighted by Crippen LogP contribution is -2.30. The first-order chi connectivity index (χ1) is 14.8. The van der Waals surface area contributed by atoms with Crippen LogP contribution in [0.5, 0.6) is 0 Å². The van der Waals surface area contributed by atoms with Gasteiger partial charge in [-0.3, -0.25) is 9.59 Å². The van der Waals surface area contributed by atoms with Crippen LogP contribution in [0.1, 0.15) is 26.7 Å². The Balaban J connectivity index is 1.64. The van der Waals surface area contributed by atoms with Crippen molar-refractivity contribution in [3.05, 3.63) is 60.7 Å². The molecule has 0 atom stereocenters. The third-order valence-corrected chi connectivity index (χ3v) is 4.94. The summed E-state index contributed by atoms with van der Waals surface area (Å²) in [6.45, 7) is 5.40. The highest BCUT2D eigenvalue weighted by Gasteiger charge is 2.23. The largest absolute Gasteiger partial charge is 0.465 e. The summed E-state index contributed by atoms with van der Waals surface area (Å²) in [5, 5.41) is 0. The van der Waals surface area contributed by atoms with Crippen molar-refractivity contribution in [2.24, 2.45) is 5.41 Å². The van der Waals surface area contributed by atoms with Gasteiger partial charge in [0.2, 0.25) is 0 Å². The van der Waals surface area contributed by atoms with Crippen LogP contribution >= 0.6 is 0 Å². The van der Waals surface area contributed by atoms with Crippen LogP contribution in [0.15, 0.2) is 60.7 Å². The SMILES string of the molecule is CN(CCC(=O)OCC(C)(C)COC(=O)CCN(C)c1ccccc1)c1ccccc1. The number of para-hydroxylation sites is 2. The van der Waals surface area contributed by atoms with E-state index in [0.29, 0.717) is 25.9 Å². The number of anilines is 2. The van der Waals surface area contributed by atoms with Gasteiger partial charge in [-0.1, -0.05) is 50.2 Å². The van der Waals surface area contributed by atoms with E-state index in [9.17, 15) is 9.59 Å². The predicted octanol–water partition coefficient (Wildman–Crippen LogP) is 4.15. The van der Waals surface area contributed by atoms with Gasteiger partial charge in [-0.25, -0.2) is 0 Å². The number of rotatable bonds is 12. The smallest absolute Gasteiger partial charge is 0.307 e. The van der Waals surface area contributed by atoms with E-state index >= 15 is 0 Å². The monoisotopic (exact) mass is 426 g/mol. The molecule has 0 amide bonds. The maximum Gasteiger partial charge on any atom is 0.307 e. The first-order valence-electron chi connectivity index (χ1n) is 10.6. The molecule has 2 aromatic carbocycles. The lowest BCUT2D eigenvalue weighted by atomic mass is 9.96. The maximum absolute atomic E-state index is 12.1. The van der Waals surface area contributed by atoms with Gasteiger partial charge in [-0.2, -0.15) is 0 Å². The molecule has 0 fully saturated rings. The van der Waals surface area contributed by atoms with Crippen LogP contribution in [0.3, 0.4) is 0 Å². The Morgan fingerprint density at radius 1 is 0.710 bits per heavy atom. The second-order valence-electron chi connectivity index (χ2n) is 8.50. The van der Waals surface area contributed by atoms with Crippen LogP contribution in [0.2, 0.25) is 0 Å². The molecule has 0 spiro atoms. The standard InChI is InChI=1S/C25H34N2O4/c1-25(2,19-30-23(28)15-17-26(3)21-11-7-5-8-12-21)20-31-24(29)16-18-27(4)22-13-9-6-10-14-22/h5-14H,15-20H2,1-4H3. The normalized spacial score (nSPS) is 11.0. The molecule has 6 heteroatoms. The molecule has 0 aliphatic heterocycles. The molecule has 168 valence electrons. The molecule has 31 heavy (non-hydrogen) atoms. The number of nitrogens with zero attached hydrogens (tertiary/aromatic N) is 2. The van der Waals surface area contributed by atoms with Gasteiger partial charge in [0.15, 0.2) is 0 Å². The molecule has 0 aliphatic carbocycles. The summed E-state index contributed by atoms with van der Waals surface area (Å²) in [6.07, 6.45) is 0.597. The Morgan fingerprint density at radius 2 is 1.06 bits per heavy atom. The van der Waals surface area contributed by atoms with E-state index in [4.69, 9.17) is 9.47 Å². The predicted molar refractivity (Wildman–Crippen MR) is 124 cm³/mol. The number of esters is 2. The second kappa shape index (κ2) is 12.0. The van der Waals surface area contributed by atoms with Crippen molar-refractivity contribution < 1.29 is 19.1 Å². The Bertz CT molecular complexity index is 741. The number of ether oxygens (including phenoxy) is 2. The van der Waals surface area contributed by atoms with Crippen molar-refractivity contribution in [3.63, 3.8) is 0 Å². The van der Waals surface area contributed by atoms with Crippen LogP contribution in [-0.4, -0.2) is 52.3 Å². The minimum absolute atomic E-state index is 0.206. The van der Waals surface area contributed by atoms with Crippen LogP contribution in [0, 0.1) is 5.41 Å². The molecule has 0 N–H and O–H groups in total. The Kier molecular flexibility index (Phi) is 9.38. The third-order valence-electron chi connectivity index (χ3n) is 4.94. The van der Waals surface area contributed by atoms with Crippen LogP contribution < -0.4 is 9.80 Å². The topological polar surface area (TPSA) is 59.1 Å². The van der Waals surface area contributed by atoms with E-state index in [2.05, 4.69) is 0 Å². The van der Waals surface area contributed by atoms with Crippen molar-refractivity contribution in [2.75, 3.05) is 50.2 Å². The van der Waals surface area contributed by atoms with Gasteiger partial charge in [0, 0.05) is 44.0 Å². The highest BCUT2D eigenvalue weighted by atomic mass is 16.5. The fraction of sp³-hybridized carbons (Fsp3) is 0.440. The van der Waals surface area contributed by atoms with Gasteiger partial charge in [0.1, 0.15) is 0 Å². The number of carbonyl (C=O) groups excluding carboxylic acids is 2. The lowest BCUT2D eigenvalue weighted by molar-refractivity contribution is -0.152. The fourth-order valence-electron chi connectivity index (χ4n) is 2.88. The molecule has 0 unspecified atom stereocenters. The molecule has 0 heterocycles. The molecule has 0 aliphatic rings. The molecule has 0 aromatic heterocycles. The van der Waals surface area contributed by atoms with Gasteiger partial charge in [-0.05, 0) is 24.3 Å². The van der Waals surface area contributed by atoms with Crippen molar-refractivity contribution in [1.29, 1.82) is 0 Å². The summed E-state index contributed by atoms with van der Waals surface area (Å²) in [7, 11) is 3.89. The van der Waals surface area contributed by atoms with E-state index in [1.165, 1.54) is 0 Å². The zero-order valence-corrected chi connectivity index (χ0v) is 19.0. The summed E-state index contributed by atoms with van der Waals surface area (Å²) in [5.74, 6) is -0.515. The van der Waals surface area contributed by atoms with Crippen molar-refractivity contribution in [2.45, 2.75) is 26.7 Å². The molecular weight excluding hydrogens is 392 g/mol. The van der Waals surface area contributed by atoms with Crippen molar-refractivity contribution in [1.82, 2.24) is 0 Å². The third kappa shape index (κ3) is 9.11. The highest BCUT2D eigenvalue weighted by Crippen LogP contribution is 2.18. The van der Waals surface area contributed by atoms with E-state index < -0.39 is 5.41 Å². The zero-order valence-electron chi connectivity index (χ0n) is 19.0. The van der Waals surface area contributed by atoms with Gasteiger partial charge in [-0.15, -0.1) is 0 Å². The molecule has 0 bridgehead atoms. The minimum Gasteiger partial charge on any atom is -0.465 e. The van der Waals surface area contributed by atoms with Crippen LogP contribution in [0.25, 0.3) is 0 Å². The van der Waals surface area contributed by atoms with Gasteiger partial charge in [0.25, 0.3) is 0 Å². The Morgan fingerprint density at radius 3 is 1.42 bits per heavy atom. The first kappa shape index (κ1) is 24.3. The van der Waals surface area contributed by atoms with E-state index in [-0.39, 0.29) is 25.2 Å². The number of benzene rings is 2. The summed E-state index contributed by atoms with van der Waals surface area (Å²) >= 11 is 0. The molecule has 0 radical (unpaired) electrons. The van der Waals surface area contributed by atoms with Crippen molar-refractivity contribution in [3.8, 4) is 0 Å². The van der Waals surface area contributed by atoms with E-state index in [1.807, 2.05) is 98.4 Å². The molecule has 6 nitrogen and oxygen atoms in total. The van der Waals surface area contributed by atoms with Crippen molar-refractivity contribution >= 4 is 23.3 Å². The summed E-state index contributed by atoms with van der Waals surface area (Å²) in [4.78, 5) is 28.3. The number of hydrogen-bond donors (Lipinski definition) is 0. The number of hydrogen-bond acceptors (Lipinski definition) is 6. The minimum atomic E-state index is -0.442. The van der Waals surface area contributed by atoms with Crippen LogP contribution in [-0.2, 0) is 19.1 Å². The first-order valence-corrected chi connectivity index (χ1v) is 10.6. The molecular formula is C25H34N2O4. The average molecular weight is 427 g/mol. The maximum atomic E-state index is 12.1. The molecule has 2 aromatic rings. The second-order valence-corrected chi connectivity index (χ2v) is 8.50.